The van der Waals surface area contributed by atoms with Crippen LogP contribution >= 0.6 is 11.6 Å². The van der Waals surface area contributed by atoms with E-state index >= 15 is 0 Å². The average molecular weight is 568 g/mol. The number of ketones is 1. The zero-order chi connectivity index (χ0) is 28.9. The number of rotatable bonds is 5. The monoisotopic (exact) mass is 567 g/mol. The number of hydrogen-bond acceptors (Lipinski definition) is 8. The predicted octanol–water partition coefficient (Wildman–Crippen LogP) is 4.96. The summed E-state index contributed by atoms with van der Waals surface area (Å²) in [5, 5.41) is 8.75. The molecule has 3 aliphatic rings. The number of ether oxygens (including phenoxy) is 2. The second-order valence-corrected chi connectivity index (χ2v) is 12.6. The molecule has 1 unspecified atom stereocenters. The lowest BCUT2D eigenvalue weighted by Gasteiger charge is -2.41. The Morgan fingerprint density at radius 1 is 1.15 bits per heavy atom. The van der Waals surface area contributed by atoms with Crippen LogP contribution < -0.4 is 10.1 Å². The second kappa shape index (κ2) is 10.4. The first-order valence-corrected chi connectivity index (χ1v) is 14.1. The molecular formula is C30H36ClN4O5+. The van der Waals surface area contributed by atoms with E-state index < -0.39 is 22.1 Å². The number of Topliss-reactive ketones (excluding diaryl/α,β-unsaturated/α-hetero) is 1. The minimum absolute atomic E-state index is 0.0228. The van der Waals surface area contributed by atoms with Crippen LogP contribution in [0.4, 0.5) is 0 Å². The van der Waals surface area contributed by atoms with Crippen molar-refractivity contribution in [3.05, 3.63) is 46.3 Å². The summed E-state index contributed by atoms with van der Waals surface area (Å²) < 4.78 is 10.5. The van der Waals surface area contributed by atoms with Gasteiger partial charge >= 0.3 is 11.9 Å². The van der Waals surface area contributed by atoms with Crippen LogP contribution in [0.15, 0.2) is 40.6 Å². The molecule has 1 aromatic heterocycles. The molecule has 0 saturated carbocycles. The van der Waals surface area contributed by atoms with Crippen LogP contribution in [0.3, 0.4) is 0 Å². The van der Waals surface area contributed by atoms with Crippen LogP contribution in [-0.2, 0) is 14.3 Å². The summed E-state index contributed by atoms with van der Waals surface area (Å²) in [6.07, 6.45) is 4.73. The summed E-state index contributed by atoms with van der Waals surface area (Å²) in [7, 11) is 0. The fourth-order valence-electron chi connectivity index (χ4n) is 6.05. The van der Waals surface area contributed by atoms with E-state index in [1.165, 1.54) is 0 Å². The number of piperidine rings is 1. The Balaban J connectivity index is 1.47. The Morgan fingerprint density at radius 2 is 1.88 bits per heavy atom. The third-order valence-corrected chi connectivity index (χ3v) is 8.16. The normalized spacial score (nSPS) is 22.2. The molecular weight excluding hydrogens is 532 g/mol. The maximum absolute atomic E-state index is 14.3. The topological polar surface area (TPSA) is 107 Å². The van der Waals surface area contributed by atoms with Gasteiger partial charge in [-0.25, -0.2) is 14.6 Å². The molecule has 1 amide bonds. The van der Waals surface area contributed by atoms with Crippen LogP contribution in [0.25, 0.3) is 10.9 Å². The zero-order valence-corrected chi connectivity index (χ0v) is 24.4. The fraction of sp³-hybridized carbons (Fsp3) is 0.500. The number of allylic oxidation sites excluding steroid dienone is 2. The first kappa shape index (κ1) is 28.4. The molecule has 1 saturated heterocycles. The molecule has 5 rings (SSSR count). The number of quaternary nitrogens is 1. The molecule has 1 aromatic carbocycles. The van der Waals surface area contributed by atoms with Crippen molar-refractivity contribution in [3.63, 3.8) is 0 Å². The highest BCUT2D eigenvalue weighted by atomic mass is 35.5. The number of pyridine rings is 1. The number of fused-ring (bicyclic) bond motifs is 1. The fourth-order valence-corrected chi connectivity index (χ4v) is 6.27. The molecule has 9 nitrogen and oxygen atoms in total. The lowest BCUT2D eigenvalue weighted by Crippen LogP contribution is -2.54. The van der Waals surface area contributed by atoms with E-state index in [1.54, 1.807) is 51.3 Å². The number of benzene rings is 1. The number of halogens is 1. The molecule has 1 fully saturated rings. The molecule has 2 aliphatic heterocycles. The van der Waals surface area contributed by atoms with Gasteiger partial charge in [0, 0.05) is 17.4 Å². The molecule has 1 N–H and O–H groups in total. The van der Waals surface area contributed by atoms with Crippen molar-refractivity contribution in [1.82, 2.24) is 10.3 Å². The molecule has 1 spiro atoms. The van der Waals surface area contributed by atoms with Gasteiger partial charge in [-0.2, -0.15) is 0 Å². The van der Waals surface area contributed by atoms with Gasteiger partial charge < -0.3 is 14.8 Å². The summed E-state index contributed by atoms with van der Waals surface area (Å²) in [4.78, 5) is 44.6. The summed E-state index contributed by atoms with van der Waals surface area (Å²) in [6.45, 7) is 10.7. The summed E-state index contributed by atoms with van der Waals surface area (Å²) in [6, 6.07) is 6.41. The first-order chi connectivity index (χ1) is 18.8. The average Bonchev–Trinajstić information content (AvgIpc) is 3.27. The number of nitrogens with zero attached hydrogens (tertiary/aromatic N) is 3. The van der Waals surface area contributed by atoms with Gasteiger partial charge in [0.15, 0.2) is 6.61 Å². The Bertz CT molecular complexity index is 1450. The molecule has 1 aliphatic carbocycles. The Morgan fingerprint density at radius 3 is 2.55 bits per heavy atom. The van der Waals surface area contributed by atoms with Crippen molar-refractivity contribution in [2.24, 2.45) is 10.5 Å². The Kier molecular flexibility index (Phi) is 7.35. The smallest absolute Gasteiger partial charge is 0.380 e. The van der Waals surface area contributed by atoms with E-state index in [9.17, 15) is 14.4 Å². The summed E-state index contributed by atoms with van der Waals surface area (Å²) in [5.74, 6) is -0.483. The zero-order valence-electron chi connectivity index (χ0n) is 23.7. The number of carbonyl (C=O) groups excluding carboxylic acids is 3. The number of nitrogens with one attached hydrogen (secondary N) is 1. The van der Waals surface area contributed by atoms with Crippen molar-refractivity contribution in [2.45, 2.75) is 71.9 Å². The van der Waals surface area contributed by atoms with E-state index in [0.29, 0.717) is 28.8 Å². The largest absolute Gasteiger partial charge is 0.482 e. The van der Waals surface area contributed by atoms with Crippen LogP contribution in [0.5, 0.6) is 5.75 Å². The highest BCUT2D eigenvalue weighted by Gasteiger charge is 2.57. The van der Waals surface area contributed by atoms with Gasteiger partial charge in [-0.05, 0) is 96.7 Å². The number of aromatic nitrogens is 1. The summed E-state index contributed by atoms with van der Waals surface area (Å²) >= 11 is 6.58. The van der Waals surface area contributed by atoms with E-state index in [0.717, 1.165) is 37.9 Å². The van der Waals surface area contributed by atoms with E-state index in [-0.39, 0.29) is 34.6 Å². The molecule has 1 atom stereocenters. The van der Waals surface area contributed by atoms with Gasteiger partial charge in [0.25, 0.3) is 0 Å². The van der Waals surface area contributed by atoms with Gasteiger partial charge in [-0.3, -0.25) is 4.79 Å². The van der Waals surface area contributed by atoms with E-state index in [2.05, 4.69) is 10.3 Å². The minimum atomic E-state index is -0.615. The third-order valence-electron chi connectivity index (χ3n) is 7.87. The van der Waals surface area contributed by atoms with Gasteiger partial charge in [0.05, 0.1) is 11.7 Å². The van der Waals surface area contributed by atoms with Crippen LogP contribution in [0.1, 0.15) is 70.7 Å². The SMILES string of the molecule is CC(C)[N+]1(C(=O)c2cc3cc(OCC(=O)OC(C)(C)C)ccc3nc2Cl)N=CC2=C1C(=O)CC1(CCNCC1)C2. The molecule has 212 valence electrons. The van der Waals surface area contributed by atoms with Crippen molar-refractivity contribution < 1.29 is 28.4 Å². The maximum atomic E-state index is 14.3. The highest BCUT2D eigenvalue weighted by molar-refractivity contribution is 6.33. The minimum Gasteiger partial charge on any atom is -0.482 e. The molecule has 3 heterocycles. The lowest BCUT2D eigenvalue weighted by atomic mass is 9.67. The number of amides is 1. The van der Waals surface area contributed by atoms with Crippen LogP contribution in [-0.4, -0.2) is 64.8 Å². The van der Waals surface area contributed by atoms with Gasteiger partial charge in [0.1, 0.15) is 28.1 Å². The van der Waals surface area contributed by atoms with E-state index in [4.69, 9.17) is 26.2 Å². The Labute approximate surface area is 239 Å². The number of carbonyl (C=O) groups is 3. The third kappa shape index (κ3) is 5.18. The maximum Gasteiger partial charge on any atom is 0.380 e. The Hall–Kier alpha value is -3.14. The van der Waals surface area contributed by atoms with Crippen LogP contribution in [0.2, 0.25) is 5.15 Å². The highest BCUT2D eigenvalue weighted by Crippen LogP contribution is 2.49. The molecule has 40 heavy (non-hydrogen) atoms. The van der Waals surface area contributed by atoms with E-state index in [1.807, 2.05) is 13.8 Å². The standard InChI is InChI=1S/C30H36ClN4O5/c1-18(2)35(26-20(16-33-35)14-30(15-24(26)36)8-10-32-11-9-30)28(38)22-13-19-12-21(6-7-23(19)34-27(22)31)39-17-25(37)40-29(3,4)5/h6-7,12-13,16,18,32H,8-11,14-15,17H2,1-5H3/q+1. The van der Waals surface area contributed by atoms with Gasteiger partial charge in [-0.15, -0.1) is 0 Å². The van der Waals surface area contributed by atoms with Gasteiger partial charge in [-0.1, -0.05) is 21.3 Å². The van der Waals surface area contributed by atoms with Crippen LogP contribution in [0, 0.1) is 5.41 Å². The molecule has 0 radical (unpaired) electrons. The first-order valence-electron chi connectivity index (χ1n) is 13.8. The van der Waals surface area contributed by atoms with Crippen molar-refractivity contribution in [1.29, 1.82) is 0 Å². The van der Waals surface area contributed by atoms with Crippen molar-refractivity contribution in [3.8, 4) is 5.75 Å². The summed E-state index contributed by atoms with van der Waals surface area (Å²) in [5.41, 5.74) is 1.35. The second-order valence-electron chi connectivity index (χ2n) is 12.3. The van der Waals surface area contributed by atoms with Gasteiger partial charge in [0.2, 0.25) is 11.5 Å². The molecule has 0 bridgehead atoms. The molecule has 10 heteroatoms. The number of esters is 1. The van der Waals surface area contributed by atoms with Crippen molar-refractivity contribution >= 4 is 46.4 Å². The number of hydrogen-bond donors (Lipinski definition) is 1. The molecule has 2 aromatic rings. The quantitative estimate of drug-likeness (QED) is 0.309. The van der Waals surface area contributed by atoms with Crippen molar-refractivity contribution in [2.75, 3.05) is 19.7 Å². The predicted molar refractivity (Wildman–Crippen MR) is 152 cm³/mol. The lowest BCUT2D eigenvalue weighted by molar-refractivity contribution is -0.833.